The summed E-state index contributed by atoms with van der Waals surface area (Å²) in [5.41, 5.74) is 3.47. The van der Waals surface area contributed by atoms with E-state index >= 15 is 0 Å². The number of methoxy groups -OCH3 is 1. The lowest BCUT2D eigenvalue weighted by Crippen LogP contribution is -2.40. The number of rotatable bonds is 8. The molecule has 0 saturated carbocycles. The third-order valence-corrected chi connectivity index (χ3v) is 5.62. The largest absolute Gasteiger partial charge is 0.383 e. The van der Waals surface area contributed by atoms with Crippen LogP contribution in [-0.2, 0) is 14.9 Å². The monoisotopic (exact) mass is 480 g/mol. The van der Waals surface area contributed by atoms with Gasteiger partial charge in [-0.15, -0.1) is 0 Å². The predicted molar refractivity (Wildman–Crippen MR) is 135 cm³/mol. The molecule has 2 amide bonds. The number of halogens is 1. The van der Waals surface area contributed by atoms with Gasteiger partial charge in [0.2, 0.25) is 5.91 Å². The molecule has 35 heavy (non-hydrogen) atoms. The van der Waals surface area contributed by atoms with Gasteiger partial charge in [-0.3, -0.25) is 9.59 Å². The number of carbonyl (C=O) groups is 2. The number of benzene rings is 2. The smallest absolute Gasteiger partial charge is 0.257 e. The predicted octanol–water partition coefficient (Wildman–Crippen LogP) is 4.65. The number of nitrogens with zero attached hydrogens (tertiary/aromatic N) is 3. The lowest BCUT2D eigenvalue weighted by molar-refractivity contribution is -0.117. The Balaban J connectivity index is 1.90. The lowest BCUT2D eigenvalue weighted by Gasteiger charge is -2.22. The zero-order valence-corrected chi connectivity index (χ0v) is 21.2. The molecule has 1 aromatic heterocycles. The maximum Gasteiger partial charge on any atom is 0.257 e. The summed E-state index contributed by atoms with van der Waals surface area (Å²) in [5, 5.41) is 7.67. The van der Waals surface area contributed by atoms with E-state index in [4.69, 9.17) is 9.84 Å². The third-order valence-electron chi connectivity index (χ3n) is 5.62. The van der Waals surface area contributed by atoms with E-state index in [2.05, 4.69) is 11.4 Å². The first-order chi connectivity index (χ1) is 16.5. The van der Waals surface area contributed by atoms with Crippen LogP contribution in [0.25, 0.3) is 5.69 Å². The molecule has 7 nitrogen and oxygen atoms in total. The highest BCUT2D eigenvalue weighted by molar-refractivity contribution is 5.99. The molecule has 0 fully saturated rings. The fourth-order valence-corrected chi connectivity index (χ4v) is 3.68. The van der Waals surface area contributed by atoms with Crippen molar-refractivity contribution in [3.8, 4) is 5.69 Å². The molecule has 0 spiro atoms. The molecule has 0 aliphatic heterocycles. The number of hydrogen-bond acceptors (Lipinski definition) is 4. The quantitative estimate of drug-likeness (QED) is 0.509. The SMILES string of the molecule is COCCN(CC(=O)Nc1cc(C(C)(C)C)nn1-c1ccc(C)cc1C)C(=O)c1ccccc1F. The number of ether oxygens (including phenoxy) is 1. The lowest BCUT2D eigenvalue weighted by atomic mass is 9.92. The second-order valence-corrected chi connectivity index (χ2v) is 9.61. The molecular formula is C27H33FN4O3. The number of amides is 2. The number of nitrogens with one attached hydrogen (secondary N) is 1. The fraction of sp³-hybridized carbons (Fsp3) is 0.370. The van der Waals surface area contributed by atoms with Crippen LogP contribution in [0.5, 0.6) is 0 Å². The second-order valence-electron chi connectivity index (χ2n) is 9.61. The van der Waals surface area contributed by atoms with Crippen molar-refractivity contribution in [3.63, 3.8) is 0 Å². The van der Waals surface area contributed by atoms with Crippen molar-refractivity contribution in [2.45, 2.75) is 40.0 Å². The molecule has 0 aliphatic rings. The zero-order valence-electron chi connectivity index (χ0n) is 21.2. The molecule has 0 aliphatic carbocycles. The van der Waals surface area contributed by atoms with Gasteiger partial charge in [-0.2, -0.15) is 5.10 Å². The third kappa shape index (κ3) is 6.33. The molecule has 0 bridgehead atoms. The van der Waals surface area contributed by atoms with Crippen LogP contribution in [0.1, 0.15) is 48.0 Å². The maximum atomic E-state index is 14.2. The van der Waals surface area contributed by atoms with E-state index in [1.165, 1.54) is 30.2 Å². The van der Waals surface area contributed by atoms with E-state index in [0.29, 0.717) is 5.82 Å². The van der Waals surface area contributed by atoms with Gasteiger partial charge in [0.05, 0.1) is 23.6 Å². The molecule has 186 valence electrons. The van der Waals surface area contributed by atoms with Gasteiger partial charge in [0, 0.05) is 25.1 Å². The van der Waals surface area contributed by atoms with Crippen molar-refractivity contribution in [1.82, 2.24) is 14.7 Å². The first kappa shape index (κ1) is 26.1. The summed E-state index contributed by atoms with van der Waals surface area (Å²) in [6.45, 7) is 10.2. The van der Waals surface area contributed by atoms with Crippen LogP contribution in [-0.4, -0.2) is 53.3 Å². The second kappa shape index (κ2) is 10.8. The molecule has 3 aromatic rings. The van der Waals surface area contributed by atoms with Crippen molar-refractivity contribution in [1.29, 1.82) is 0 Å². The molecule has 8 heteroatoms. The minimum absolute atomic E-state index is 0.0910. The fourth-order valence-electron chi connectivity index (χ4n) is 3.68. The first-order valence-corrected chi connectivity index (χ1v) is 11.5. The number of anilines is 1. The molecule has 0 atom stereocenters. The summed E-state index contributed by atoms with van der Waals surface area (Å²) in [7, 11) is 1.50. The van der Waals surface area contributed by atoms with Crippen molar-refractivity contribution in [2.24, 2.45) is 0 Å². The van der Waals surface area contributed by atoms with Gasteiger partial charge in [-0.25, -0.2) is 9.07 Å². The first-order valence-electron chi connectivity index (χ1n) is 11.5. The Morgan fingerprint density at radius 2 is 1.83 bits per heavy atom. The van der Waals surface area contributed by atoms with E-state index in [-0.39, 0.29) is 30.7 Å². The topological polar surface area (TPSA) is 76.5 Å². The number of aryl methyl sites for hydroxylation is 2. The molecular weight excluding hydrogens is 447 g/mol. The van der Waals surface area contributed by atoms with Gasteiger partial charge in [-0.05, 0) is 37.6 Å². The van der Waals surface area contributed by atoms with Crippen molar-refractivity contribution in [3.05, 3.63) is 76.7 Å². The average molecular weight is 481 g/mol. The summed E-state index contributed by atoms with van der Waals surface area (Å²) in [6, 6.07) is 13.6. The van der Waals surface area contributed by atoms with Crippen LogP contribution in [0.2, 0.25) is 0 Å². The van der Waals surface area contributed by atoms with E-state index in [1.54, 1.807) is 10.7 Å². The van der Waals surface area contributed by atoms with E-state index in [9.17, 15) is 14.0 Å². The minimum atomic E-state index is -0.636. The van der Waals surface area contributed by atoms with Crippen LogP contribution in [0, 0.1) is 19.7 Å². The highest BCUT2D eigenvalue weighted by Crippen LogP contribution is 2.28. The van der Waals surface area contributed by atoms with Crippen LogP contribution in [0.4, 0.5) is 10.2 Å². The van der Waals surface area contributed by atoms with E-state index in [1.807, 2.05) is 52.8 Å². The Morgan fingerprint density at radius 1 is 1.11 bits per heavy atom. The number of aromatic nitrogens is 2. The maximum absolute atomic E-state index is 14.2. The molecule has 0 radical (unpaired) electrons. The van der Waals surface area contributed by atoms with Crippen molar-refractivity contribution < 1.29 is 18.7 Å². The van der Waals surface area contributed by atoms with Crippen LogP contribution in [0.3, 0.4) is 0 Å². The van der Waals surface area contributed by atoms with Crippen LogP contribution >= 0.6 is 0 Å². The summed E-state index contributed by atoms with van der Waals surface area (Å²) >= 11 is 0. The molecule has 1 N–H and O–H groups in total. The number of carbonyl (C=O) groups excluding carboxylic acids is 2. The summed E-state index contributed by atoms with van der Waals surface area (Å²) < 4.78 is 21.0. The Bertz CT molecular complexity index is 1210. The molecule has 0 unspecified atom stereocenters. The van der Waals surface area contributed by atoms with Gasteiger partial charge in [0.25, 0.3) is 5.91 Å². The van der Waals surface area contributed by atoms with Crippen LogP contribution in [0.15, 0.2) is 48.5 Å². The standard InChI is InChI=1S/C27H33FN4O3/c1-18-11-12-22(19(2)15-18)32-24(16-23(30-32)27(3,4)5)29-25(33)17-31(13-14-35-6)26(34)20-9-7-8-10-21(20)28/h7-12,15-16H,13-14,17H2,1-6H3,(H,29,33). The molecule has 3 rings (SSSR count). The number of hydrogen-bond donors (Lipinski definition) is 1. The van der Waals surface area contributed by atoms with Crippen molar-refractivity contribution >= 4 is 17.6 Å². The van der Waals surface area contributed by atoms with Gasteiger partial charge >= 0.3 is 0 Å². The average Bonchev–Trinajstić information content (AvgIpc) is 3.20. The van der Waals surface area contributed by atoms with Gasteiger partial charge in [0.15, 0.2) is 0 Å². The molecule has 2 aromatic carbocycles. The minimum Gasteiger partial charge on any atom is -0.383 e. The Labute approximate surface area is 205 Å². The Morgan fingerprint density at radius 3 is 2.46 bits per heavy atom. The summed E-state index contributed by atoms with van der Waals surface area (Å²) in [5.74, 6) is -1.13. The Kier molecular flexibility index (Phi) is 8.07. The zero-order chi connectivity index (χ0) is 25.8. The molecule has 1 heterocycles. The highest BCUT2D eigenvalue weighted by atomic mass is 19.1. The van der Waals surface area contributed by atoms with Gasteiger partial charge in [0.1, 0.15) is 18.2 Å². The summed E-state index contributed by atoms with van der Waals surface area (Å²) in [6.07, 6.45) is 0. The summed E-state index contributed by atoms with van der Waals surface area (Å²) in [4.78, 5) is 27.4. The molecule has 0 saturated heterocycles. The van der Waals surface area contributed by atoms with Crippen molar-refractivity contribution in [2.75, 3.05) is 32.1 Å². The van der Waals surface area contributed by atoms with E-state index in [0.717, 1.165) is 22.5 Å². The van der Waals surface area contributed by atoms with Gasteiger partial charge in [-0.1, -0.05) is 50.6 Å². The Hall–Kier alpha value is -3.52. The van der Waals surface area contributed by atoms with Crippen LogP contribution < -0.4 is 5.32 Å². The normalized spacial score (nSPS) is 11.4. The highest BCUT2D eigenvalue weighted by Gasteiger charge is 2.25. The van der Waals surface area contributed by atoms with E-state index < -0.39 is 17.6 Å². The van der Waals surface area contributed by atoms with Gasteiger partial charge < -0.3 is 15.0 Å².